The highest BCUT2D eigenvalue weighted by Gasteiger charge is 2.20. The molecule has 1 atom stereocenters. The summed E-state index contributed by atoms with van der Waals surface area (Å²) < 4.78 is 0. The monoisotopic (exact) mass is 189 g/mol. The Balaban J connectivity index is 2.05. The van der Waals surface area contributed by atoms with Crippen LogP contribution in [0, 0.1) is 0 Å². The molecule has 0 aromatic heterocycles. The van der Waals surface area contributed by atoms with Gasteiger partial charge in [0, 0.05) is 6.42 Å². The lowest BCUT2D eigenvalue weighted by Crippen LogP contribution is -2.22. The first-order valence-electron chi connectivity index (χ1n) is 4.89. The van der Waals surface area contributed by atoms with Crippen LogP contribution in [0.2, 0.25) is 0 Å². The predicted octanol–water partition coefficient (Wildman–Crippen LogP) is 1.55. The first-order chi connectivity index (χ1) is 6.75. The third-order valence-electron chi connectivity index (χ3n) is 2.46. The van der Waals surface area contributed by atoms with Crippen LogP contribution in [0.15, 0.2) is 35.4 Å². The molecule has 0 saturated heterocycles. The van der Waals surface area contributed by atoms with Gasteiger partial charge in [0.15, 0.2) is 0 Å². The quantitative estimate of drug-likeness (QED) is 0.767. The normalized spacial score (nSPS) is 21.1. The average Bonchev–Trinajstić information content (AvgIpc) is 2.47. The van der Waals surface area contributed by atoms with E-state index in [2.05, 4.69) is 24.2 Å². The van der Waals surface area contributed by atoms with Crippen molar-refractivity contribution in [2.75, 3.05) is 0 Å². The van der Waals surface area contributed by atoms with Gasteiger partial charge in [-0.3, -0.25) is 5.01 Å². The Bertz CT molecular complexity index is 332. The number of hydrogen-bond acceptors (Lipinski definition) is 3. The van der Waals surface area contributed by atoms with Crippen molar-refractivity contribution in [2.24, 2.45) is 10.8 Å². The molecule has 14 heavy (non-hydrogen) atoms. The van der Waals surface area contributed by atoms with E-state index in [-0.39, 0.29) is 0 Å². The Hall–Kier alpha value is -1.51. The maximum atomic E-state index is 5.68. The van der Waals surface area contributed by atoms with Gasteiger partial charge < -0.3 is 5.73 Å². The van der Waals surface area contributed by atoms with Gasteiger partial charge in [0.2, 0.25) is 0 Å². The van der Waals surface area contributed by atoms with Crippen molar-refractivity contribution < 1.29 is 0 Å². The molecule has 1 aromatic rings. The van der Waals surface area contributed by atoms with E-state index >= 15 is 0 Å². The van der Waals surface area contributed by atoms with Crippen molar-refractivity contribution >= 4 is 5.84 Å². The summed E-state index contributed by atoms with van der Waals surface area (Å²) in [4.78, 5) is 0. The van der Waals surface area contributed by atoms with Crippen LogP contribution in [-0.2, 0) is 6.54 Å². The highest BCUT2D eigenvalue weighted by Crippen LogP contribution is 2.16. The van der Waals surface area contributed by atoms with Crippen LogP contribution in [0.4, 0.5) is 0 Å². The van der Waals surface area contributed by atoms with Crippen molar-refractivity contribution in [1.29, 1.82) is 0 Å². The lowest BCUT2D eigenvalue weighted by molar-refractivity contribution is 0.236. The second-order valence-corrected chi connectivity index (χ2v) is 3.73. The molecular weight excluding hydrogens is 174 g/mol. The summed E-state index contributed by atoms with van der Waals surface area (Å²) in [5, 5.41) is 6.34. The zero-order valence-corrected chi connectivity index (χ0v) is 8.35. The minimum Gasteiger partial charge on any atom is -0.386 e. The Morgan fingerprint density at radius 3 is 2.71 bits per heavy atom. The number of benzene rings is 1. The lowest BCUT2D eigenvalue weighted by atomic mass is 10.2. The van der Waals surface area contributed by atoms with E-state index < -0.39 is 0 Å². The van der Waals surface area contributed by atoms with Crippen LogP contribution < -0.4 is 5.73 Å². The second-order valence-electron chi connectivity index (χ2n) is 3.73. The molecule has 0 bridgehead atoms. The molecule has 0 spiro atoms. The molecule has 2 N–H and O–H groups in total. The molecule has 0 saturated carbocycles. The average molecular weight is 189 g/mol. The molecule has 0 radical (unpaired) electrons. The van der Waals surface area contributed by atoms with Crippen molar-refractivity contribution in [3.8, 4) is 0 Å². The minimum atomic E-state index is 0.426. The van der Waals surface area contributed by atoms with Gasteiger partial charge in [0.25, 0.3) is 0 Å². The molecular formula is C11H15N3. The topological polar surface area (TPSA) is 41.6 Å². The number of rotatable bonds is 2. The van der Waals surface area contributed by atoms with Crippen molar-refractivity contribution in [2.45, 2.75) is 25.9 Å². The fourth-order valence-corrected chi connectivity index (χ4v) is 1.67. The highest BCUT2D eigenvalue weighted by atomic mass is 15.5. The number of nitrogens with zero attached hydrogens (tertiary/aromatic N) is 2. The van der Waals surface area contributed by atoms with E-state index in [0.717, 1.165) is 18.8 Å². The SMILES string of the molecule is C[C@H]1CC(N)=NN1Cc1ccccc1. The molecule has 0 fully saturated rings. The van der Waals surface area contributed by atoms with Crippen molar-refractivity contribution in [1.82, 2.24) is 5.01 Å². The van der Waals surface area contributed by atoms with Gasteiger partial charge in [-0.25, -0.2) is 0 Å². The van der Waals surface area contributed by atoms with Crippen molar-refractivity contribution in [3.63, 3.8) is 0 Å². The number of nitrogens with two attached hydrogens (primary N) is 1. The molecule has 74 valence electrons. The lowest BCUT2D eigenvalue weighted by Gasteiger charge is -2.19. The molecule has 1 heterocycles. The smallest absolute Gasteiger partial charge is 0.121 e. The first-order valence-corrected chi connectivity index (χ1v) is 4.89. The highest BCUT2D eigenvalue weighted by molar-refractivity contribution is 5.81. The molecule has 1 aromatic carbocycles. The number of hydrazone groups is 1. The summed E-state index contributed by atoms with van der Waals surface area (Å²) in [5.41, 5.74) is 6.95. The summed E-state index contributed by atoms with van der Waals surface area (Å²) in [5.74, 6) is 0.744. The van der Waals surface area contributed by atoms with Crippen LogP contribution in [0.1, 0.15) is 18.9 Å². The van der Waals surface area contributed by atoms with Crippen LogP contribution in [-0.4, -0.2) is 16.9 Å². The summed E-state index contributed by atoms with van der Waals surface area (Å²) in [6.45, 7) is 3.00. The van der Waals surface area contributed by atoms with E-state index in [4.69, 9.17) is 5.73 Å². The van der Waals surface area contributed by atoms with Gasteiger partial charge in [-0.1, -0.05) is 30.3 Å². The van der Waals surface area contributed by atoms with E-state index in [1.54, 1.807) is 0 Å². The van der Waals surface area contributed by atoms with Gasteiger partial charge in [-0.15, -0.1) is 0 Å². The van der Waals surface area contributed by atoms with Gasteiger partial charge in [-0.05, 0) is 12.5 Å². The van der Waals surface area contributed by atoms with Crippen LogP contribution >= 0.6 is 0 Å². The van der Waals surface area contributed by atoms with Gasteiger partial charge in [0.1, 0.15) is 5.84 Å². The molecule has 0 aliphatic carbocycles. The molecule has 3 heteroatoms. The second kappa shape index (κ2) is 3.70. The number of amidine groups is 1. The fraction of sp³-hybridized carbons (Fsp3) is 0.364. The predicted molar refractivity (Wildman–Crippen MR) is 57.7 cm³/mol. The molecule has 1 aliphatic heterocycles. The van der Waals surface area contributed by atoms with E-state index in [1.807, 2.05) is 23.2 Å². The minimum absolute atomic E-state index is 0.426. The molecule has 0 unspecified atom stereocenters. The van der Waals surface area contributed by atoms with E-state index in [1.165, 1.54) is 5.56 Å². The summed E-state index contributed by atoms with van der Waals surface area (Å²) in [6.07, 6.45) is 0.882. The van der Waals surface area contributed by atoms with Gasteiger partial charge in [-0.2, -0.15) is 5.10 Å². The molecule has 0 amide bonds. The molecule has 3 nitrogen and oxygen atoms in total. The Morgan fingerprint density at radius 2 is 2.14 bits per heavy atom. The summed E-state index contributed by atoms with van der Waals surface area (Å²) >= 11 is 0. The molecule has 1 aliphatic rings. The van der Waals surface area contributed by atoms with E-state index in [0.29, 0.717) is 6.04 Å². The third-order valence-corrected chi connectivity index (χ3v) is 2.46. The van der Waals surface area contributed by atoms with Gasteiger partial charge >= 0.3 is 0 Å². The number of hydrogen-bond donors (Lipinski definition) is 1. The van der Waals surface area contributed by atoms with Crippen LogP contribution in [0.3, 0.4) is 0 Å². The standard InChI is InChI=1S/C11H15N3/c1-9-7-11(12)13-14(9)8-10-5-3-2-4-6-10/h2-6,9H,7-8H2,1H3,(H2,12,13)/t9-/m0/s1. The summed E-state index contributed by atoms with van der Waals surface area (Å²) in [7, 11) is 0. The van der Waals surface area contributed by atoms with E-state index in [9.17, 15) is 0 Å². The van der Waals surface area contributed by atoms with Crippen LogP contribution in [0.25, 0.3) is 0 Å². The summed E-state index contributed by atoms with van der Waals surface area (Å²) in [6, 6.07) is 10.8. The van der Waals surface area contributed by atoms with Gasteiger partial charge in [0.05, 0.1) is 12.6 Å². The fourth-order valence-electron chi connectivity index (χ4n) is 1.67. The maximum Gasteiger partial charge on any atom is 0.121 e. The van der Waals surface area contributed by atoms with Crippen LogP contribution in [0.5, 0.6) is 0 Å². The van der Waals surface area contributed by atoms with Crippen molar-refractivity contribution in [3.05, 3.63) is 35.9 Å². The Labute approximate surface area is 84.2 Å². The maximum absolute atomic E-state index is 5.68. The Kier molecular flexibility index (Phi) is 2.39. The zero-order chi connectivity index (χ0) is 9.97. The largest absolute Gasteiger partial charge is 0.386 e. The first kappa shape index (κ1) is 9.06. The Morgan fingerprint density at radius 1 is 1.43 bits per heavy atom. The molecule has 2 rings (SSSR count). The third kappa shape index (κ3) is 1.87. The zero-order valence-electron chi connectivity index (χ0n) is 8.35.